The van der Waals surface area contributed by atoms with E-state index >= 15 is 0 Å². The number of fused-ring (bicyclic) bond motifs is 1. The van der Waals surface area contributed by atoms with Crippen LogP contribution in [-0.4, -0.2) is 32.6 Å². The second-order valence-electron chi connectivity index (χ2n) is 8.37. The molecule has 2 aromatic rings. The number of ketones is 1. The fraction of sp³-hybridized carbons (Fsp3) is 0.333. The predicted octanol–water partition coefficient (Wildman–Crippen LogP) is 5.14. The van der Waals surface area contributed by atoms with E-state index in [0.29, 0.717) is 34.2 Å². The van der Waals surface area contributed by atoms with Gasteiger partial charge in [-0.15, -0.1) is 0 Å². The topological polar surface area (TPSA) is 73.9 Å². The van der Waals surface area contributed by atoms with E-state index in [1.165, 1.54) is 0 Å². The van der Waals surface area contributed by atoms with Crippen molar-refractivity contribution in [3.05, 3.63) is 81.7 Å². The van der Waals surface area contributed by atoms with Crippen LogP contribution in [0.15, 0.2) is 65.5 Å². The molecule has 0 aromatic heterocycles. The average molecular weight is 482 g/mol. The third-order valence-corrected chi connectivity index (χ3v) is 6.78. The molecule has 34 heavy (non-hydrogen) atoms. The van der Waals surface area contributed by atoms with Crippen LogP contribution in [0.4, 0.5) is 0 Å². The zero-order valence-electron chi connectivity index (χ0n) is 19.7. The van der Waals surface area contributed by atoms with Gasteiger partial charge in [0, 0.05) is 34.7 Å². The molecule has 1 aliphatic heterocycles. The highest BCUT2D eigenvalue weighted by Crippen LogP contribution is 2.48. The number of benzene rings is 2. The molecular weight excluding hydrogens is 454 g/mol. The van der Waals surface area contributed by atoms with Gasteiger partial charge in [-0.05, 0) is 43.2 Å². The molecule has 6 nitrogen and oxygen atoms in total. The summed E-state index contributed by atoms with van der Waals surface area (Å²) in [4.78, 5) is 26.6. The maximum atomic E-state index is 13.7. The number of ether oxygens (including phenoxy) is 3. The molecule has 0 saturated carbocycles. The number of esters is 1. The Labute approximate surface area is 204 Å². The Balaban J connectivity index is 1.82. The van der Waals surface area contributed by atoms with Gasteiger partial charge in [0.1, 0.15) is 5.78 Å². The molecule has 3 atom stereocenters. The number of rotatable bonds is 6. The maximum absolute atomic E-state index is 13.7. The van der Waals surface area contributed by atoms with Crippen LogP contribution in [0, 0.1) is 5.92 Å². The van der Waals surface area contributed by atoms with Gasteiger partial charge >= 0.3 is 5.97 Å². The molecule has 178 valence electrons. The van der Waals surface area contributed by atoms with Gasteiger partial charge < -0.3 is 19.5 Å². The highest BCUT2D eigenvalue weighted by Gasteiger charge is 2.45. The molecule has 2 aliphatic rings. The molecule has 1 aliphatic carbocycles. The molecular formula is C27H28ClNO5. The van der Waals surface area contributed by atoms with E-state index in [1.807, 2.05) is 43.3 Å². The lowest BCUT2D eigenvalue weighted by Crippen LogP contribution is -2.42. The second kappa shape index (κ2) is 9.94. The van der Waals surface area contributed by atoms with Gasteiger partial charge in [-0.2, -0.15) is 0 Å². The first-order chi connectivity index (χ1) is 16.4. The van der Waals surface area contributed by atoms with Gasteiger partial charge in [-0.25, -0.2) is 4.79 Å². The summed E-state index contributed by atoms with van der Waals surface area (Å²) < 4.78 is 16.2. The fourth-order valence-corrected chi connectivity index (χ4v) is 5.17. The minimum atomic E-state index is -0.556. The molecule has 2 aromatic carbocycles. The number of Topliss-reactive ketones (excluding diaryl/α,β-unsaturated/α-hetero) is 1. The first-order valence-electron chi connectivity index (χ1n) is 11.2. The summed E-state index contributed by atoms with van der Waals surface area (Å²) in [6.07, 6.45) is 2.37. The Hall–Kier alpha value is -3.25. The van der Waals surface area contributed by atoms with Gasteiger partial charge in [0.2, 0.25) is 0 Å². The van der Waals surface area contributed by atoms with Gasteiger partial charge in [0.25, 0.3) is 0 Å². The van der Waals surface area contributed by atoms with Crippen LogP contribution in [-0.2, 0) is 14.3 Å². The van der Waals surface area contributed by atoms with E-state index in [9.17, 15) is 9.59 Å². The van der Waals surface area contributed by atoms with E-state index in [4.69, 9.17) is 25.8 Å². The van der Waals surface area contributed by atoms with Crippen LogP contribution in [0.5, 0.6) is 11.5 Å². The summed E-state index contributed by atoms with van der Waals surface area (Å²) >= 11 is 6.57. The number of carbonyl (C=O) groups is 2. The highest BCUT2D eigenvalue weighted by molar-refractivity contribution is 6.31. The van der Waals surface area contributed by atoms with Crippen LogP contribution in [0.25, 0.3) is 0 Å². The highest BCUT2D eigenvalue weighted by atomic mass is 35.5. The lowest BCUT2D eigenvalue weighted by Gasteiger charge is -2.39. The SMILES string of the molecule is CCOC(=O)C1=C(C)NC2=CC(c3ccc(OC)c(OC)c3)CC(=O)C2C1c1ccccc1Cl. The monoisotopic (exact) mass is 481 g/mol. The molecule has 3 unspecified atom stereocenters. The van der Waals surface area contributed by atoms with Gasteiger partial charge in [0.05, 0.1) is 32.3 Å². The molecule has 0 radical (unpaired) electrons. The third kappa shape index (κ3) is 4.30. The predicted molar refractivity (Wildman–Crippen MR) is 130 cm³/mol. The summed E-state index contributed by atoms with van der Waals surface area (Å²) in [5.74, 6) is -0.394. The van der Waals surface area contributed by atoms with Crippen molar-refractivity contribution in [1.82, 2.24) is 5.32 Å². The first-order valence-corrected chi connectivity index (χ1v) is 11.6. The fourth-order valence-electron chi connectivity index (χ4n) is 4.91. The molecule has 0 fully saturated rings. The van der Waals surface area contributed by atoms with Gasteiger partial charge in [0.15, 0.2) is 11.5 Å². The Kier molecular flexibility index (Phi) is 6.98. The van der Waals surface area contributed by atoms with Gasteiger partial charge in [-0.3, -0.25) is 4.79 Å². The zero-order chi connectivity index (χ0) is 24.4. The van der Waals surface area contributed by atoms with Crippen LogP contribution in [0.3, 0.4) is 0 Å². The molecule has 1 N–H and O–H groups in total. The molecule has 7 heteroatoms. The first kappa shape index (κ1) is 23.9. The Morgan fingerprint density at radius 2 is 1.82 bits per heavy atom. The lowest BCUT2D eigenvalue weighted by molar-refractivity contribution is -0.139. The van der Waals surface area contributed by atoms with Crippen molar-refractivity contribution in [3.63, 3.8) is 0 Å². The van der Waals surface area contributed by atoms with E-state index in [-0.39, 0.29) is 18.3 Å². The average Bonchev–Trinajstić information content (AvgIpc) is 2.83. The van der Waals surface area contributed by atoms with Crippen LogP contribution in [0.1, 0.15) is 43.2 Å². The Morgan fingerprint density at radius 1 is 1.09 bits per heavy atom. The Morgan fingerprint density at radius 3 is 2.50 bits per heavy atom. The van der Waals surface area contributed by atoms with Gasteiger partial charge in [-0.1, -0.05) is 41.9 Å². The number of methoxy groups -OCH3 is 2. The smallest absolute Gasteiger partial charge is 0.336 e. The van der Waals surface area contributed by atoms with Crippen LogP contribution >= 0.6 is 11.6 Å². The van der Waals surface area contributed by atoms with Crippen LogP contribution in [0.2, 0.25) is 5.02 Å². The molecule has 4 rings (SSSR count). The van der Waals surface area contributed by atoms with E-state index in [1.54, 1.807) is 27.2 Å². The minimum absolute atomic E-state index is 0.0315. The van der Waals surface area contributed by atoms with Crippen molar-refractivity contribution >= 4 is 23.4 Å². The van der Waals surface area contributed by atoms with Crippen molar-refractivity contribution in [2.45, 2.75) is 32.1 Å². The normalized spacial score (nSPS) is 21.9. The second-order valence-corrected chi connectivity index (χ2v) is 8.78. The summed E-state index contributed by atoms with van der Waals surface area (Å²) in [6, 6.07) is 13.0. The van der Waals surface area contributed by atoms with Crippen molar-refractivity contribution in [3.8, 4) is 11.5 Å². The number of halogens is 1. The molecule has 0 amide bonds. The summed E-state index contributed by atoms with van der Waals surface area (Å²) in [5, 5.41) is 3.84. The van der Waals surface area contributed by atoms with E-state index < -0.39 is 17.8 Å². The maximum Gasteiger partial charge on any atom is 0.336 e. The molecule has 0 spiro atoms. The van der Waals surface area contributed by atoms with Crippen molar-refractivity contribution in [2.24, 2.45) is 5.92 Å². The minimum Gasteiger partial charge on any atom is -0.493 e. The van der Waals surface area contributed by atoms with Crippen molar-refractivity contribution in [2.75, 3.05) is 20.8 Å². The Bertz CT molecular complexity index is 1190. The molecule has 0 bridgehead atoms. The number of allylic oxidation sites excluding steroid dienone is 3. The molecule has 0 saturated heterocycles. The van der Waals surface area contributed by atoms with E-state index in [2.05, 4.69) is 11.4 Å². The number of hydrogen-bond acceptors (Lipinski definition) is 6. The number of carbonyl (C=O) groups excluding carboxylic acids is 2. The molecule has 1 heterocycles. The summed E-state index contributed by atoms with van der Waals surface area (Å²) in [7, 11) is 3.18. The summed E-state index contributed by atoms with van der Waals surface area (Å²) in [6.45, 7) is 3.84. The zero-order valence-corrected chi connectivity index (χ0v) is 20.4. The third-order valence-electron chi connectivity index (χ3n) is 6.44. The quantitative estimate of drug-likeness (QED) is 0.576. The van der Waals surface area contributed by atoms with Crippen molar-refractivity contribution in [1.29, 1.82) is 0 Å². The number of nitrogens with one attached hydrogen (secondary N) is 1. The standard InChI is InChI=1S/C27H28ClNO5/c1-5-34-27(31)24-15(2)29-20-12-17(16-10-11-22(32-3)23(14-16)33-4)13-21(30)26(20)25(24)18-8-6-7-9-19(18)28/h6-12,14,17,25-26,29H,5,13H2,1-4H3. The van der Waals surface area contributed by atoms with E-state index in [0.717, 1.165) is 16.8 Å². The largest absolute Gasteiger partial charge is 0.493 e. The lowest BCUT2D eigenvalue weighted by atomic mass is 9.68. The van der Waals surface area contributed by atoms with Crippen molar-refractivity contribution < 1.29 is 23.8 Å². The number of hydrogen-bond donors (Lipinski definition) is 1. The van der Waals surface area contributed by atoms with Crippen LogP contribution < -0.4 is 14.8 Å². The summed E-state index contributed by atoms with van der Waals surface area (Å²) in [5.41, 5.74) is 3.56.